The number of hydrogen-bond acceptors (Lipinski definition) is 6. The Kier molecular flexibility index (Phi) is 5.16. The van der Waals surface area contributed by atoms with E-state index < -0.39 is 18.0 Å². The molecule has 3 aliphatic heterocycles. The SMILES string of the molecule is CN1CC[C@H](O)[C@@]2(CCCN(c3cc(C(F)(F)F)nc(N4CCCC4)n3)C2)C1. The summed E-state index contributed by atoms with van der Waals surface area (Å²) in [4.78, 5) is 14.3. The molecule has 28 heavy (non-hydrogen) atoms. The summed E-state index contributed by atoms with van der Waals surface area (Å²) in [5.74, 6) is 0.493. The van der Waals surface area contributed by atoms with Crippen molar-refractivity contribution in [3.63, 3.8) is 0 Å². The highest BCUT2D eigenvalue weighted by atomic mass is 19.4. The van der Waals surface area contributed by atoms with Gasteiger partial charge in [0, 0.05) is 50.7 Å². The third kappa shape index (κ3) is 3.78. The average Bonchev–Trinajstić information content (AvgIpc) is 3.19. The van der Waals surface area contributed by atoms with Crippen LogP contribution in [0.4, 0.5) is 24.9 Å². The number of aliphatic hydroxyl groups excluding tert-OH is 1. The van der Waals surface area contributed by atoms with Crippen LogP contribution >= 0.6 is 0 Å². The highest BCUT2D eigenvalue weighted by Crippen LogP contribution is 2.40. The minimum absolute atomic E-state index is 0.170. The van der Waals surface area contributed by atoms with Gasteiger partial charge in [-0.25, -0.2) is 4.98 Å². The molecule has 3 aliphatic rings. The molecule has 0 unspecified atom stereocenters. The van der Waals surface area contributed by atoms with Crippen molar-refractivity contribution in [2.45, 2.75) is 44.4 Å². The molecule has 1 N–H and O–H groups in total. The number of hydrogen-bond donors (Lipinski definition) is 1. The minimum Gasteiger partial charge on any atom is -0.392 e. The lowest BCUT2D eigenvalue weighted by Crippen LogP contribution is -2.58. The molecule has 0 saturated carbocycles. The second kappa shape index (κ2) is 7.33. The molecule has 3 fully saturated rings. The highest BCUT2D eigenvalue weighted by Gasteiger charge is 2.45. The van der Waals surface area contributed by atoms with Gasteiger partial charge in [0.05, 0.1) is 6.10 Å². The van der Waals surface area contributed by atoms with Crippen molar-refractivity contribution in [2.24, 2.45) is 5.41 Å². The number of halogens is 3. The molecule has 0 aromatic carbocycles. The summed E-state index contributed by atoms with van der Waals surface area (Å²) in [7, 11) is 2.03. The largest absolute Gasteiger partial charge is 0.433 e. The van der Waals surface area contributed by atoms with E-state index in [1.807, 2.05) is 16.8 Å². The molecule has 1 aromatic rings. The van der Waals surface area contributed by atoms with E-state index in [1.54, 1.807) is 0 Å². The summed E-state index contributed by atoms with van der Waals surface area (Å²) in [6.07, 6.45) is -0.653. The number of aromatic nitrogens is 2. The molecule has 2 atom stereocenters. The number of piperidine rings is 2. The molecule has 3 saturated heterocycles. The first-order valence-corrected chi connectivity index (χ1v) is 10.1. The number of alkyl halides is 3. The van der Waals surface area contributed by atoms with Crippen LogP contribution < -0.4 is 9.80 Å². The Bertz CT molecular complexity index is 709. The number of likely N-dealkylation sites (tertiary alicyclic amines) is 1. The summed E-state index contributed by atoms with van der Waals surface area (Å²) in [5, 5.41) is 10.7. The fourth-order valence-electron chi connectivity index (χ4n) is 4.92. The zero-order valence-electron chi connectivity index (χ0n) is 16.3. The number of anilines is 2. The van der Waals surface area contributed by atoms with E-state index in [0.29, 0.717) is 38.4 Å². The van der Waals surface area contributed by atoms with Crippen molar-refractivity contribution in [3.8, 4) is 0 Å². The van der Waals surface area contributed by atoms with E-state index in [1.165, 1.54) is 0 Å². The third-order valence-corrected chi connectivity index (χ3v) is 6.39. The van der Waals surface area contributed by atoms with E-state index >= 15 is 0 Å². The Morgan fingerprint density at radius 1 is 1.04 bits per heavy atom. The first kappa shape index (κ1) is 19.7. The molecule has 4 rings (SSSR count). The molecule has 156 valence electrons. The lowest BCUT2D eigenvalue weighted by Gasteiger charge is -2.50. The van der Waals surface area contributed by atoms with E-state index in [-0.39, 0.29) is 11.4 Å². The van der Waals surface area contributed by atoms with Crippen molar-refractivity contribution in [2.75, 3.05) is 56.1 Å². The fourth-order valence-corrected chi connectivity index (χ4v) is 4.92. The Morgan fingerprint density at radius 3 is 2.46 bits per heavy atom. The van der Waals surface area contributed by atoms with Gasteiger partial charge in [0.1, 0.15) is 5.82 Å². The predicted molar refractivity (Wildman–Crippen MR) is 100 cm³/mol. The predicted octanol–water partition coefficient (Wildman–Crippen LogP) is 2.38. The topological polar surface area (TPSA) is 55.7 Å². The van der Waals surface area contributed by atoms with Crippen molar-refractivity contribution in [1.82, 2.24) is 14.9 Å². The molecule has 1 aromatic heterocycles. The summed E-state index contributed by atoms with van der Waals surface area (Å²) in [5.41, 5.74) is -1.21. The van der Waals surface area contributed by atoms with Crippen LogP contribution in [0.25, 0.3) is 0 Å². The normalized spacial score (nSPS) is 29.7. The Hall–Kier alpha value is -1.61. The van der Waals surface area contributed by atoms with Crippen LogP contribution in [-0.2, 0) is 6.18 Å². The highest BCUT2D eigenvalue weighted by molar-refractivity contribution is 5.48. The van der Waals surface area contributed by atoms with Gasteiger partial charge in [-0.15, -0.1) is 0 Å². The van der Waals surface area contributed by atoms with Crippen LogP contribution in [0.2, 0.25) is 0 Å². The zero-order valence-corrected chi connectivity index (χ0v) is 16.3. The van der Waals surface area contributed by atoms with E-state index in [4.69, 9.17) is 0 Å². The van der Waals surface area contributed by atoms with E-state index in [9.17, 15) is 18.3 Å². The van der Waals surface area contributed by atoms with Crippen molar-refractivity contribution in [3.05, 3.63) is 11.8 Å². The van der Waals surface area contributed by atoms with Gasteiger partial charge >= 0.3 is 6.18 Å². The maximum Gasteiger partial charge on any atom is 0.433 e. The zero-order chi connectivity index (χ0) is 19.9. The summed E-state index contributed by atoms with van der Waals surface area (Å²) < 4.78 is 40.5. The number of nitrogens with zero attached hydrogens (tertiary/aromatic N) is 5. The fraction of sp³-hybridized carbons (Fsp3) is 0.789. The second-order valence-corrected chi connectivity index (χ2v) is 8.53. The van der Waals surface area contributed by atoms with Gasteiger partial charge in [0.15, 0.2) is 5.69 Å². The van der Waals surface area contributed by atoms with Gasteiger partial charge in [-0.1, -0.05) is 0 Å². The van der Waals surface area contributed by atoms with Crippen LogP contribution in [0.1, 0.15) is 37.8 Å². The van der Waals surface area contributed by atoms with Crippen molar-refractivity contribution < 1.29 is 18.3 Å². The molecule has 0 aliphatic carbocycles. The molecule has 0 bridgehead atoms. The van der Waals surface area contributed by atoms with Crippen LogP contribution in [0, 0.1) is 5.41 Å². The molecular weight excluding hydrogens is 371 g/mol. The lowest BCUT2D eigenvalue weighted by molar-refractivity contribution is -0.141. The van der Waals surface area contributed by atoms with Gasteiger partial charge in [-0.2, -0.15) is 18.2 Å². The molecule has 4 heterocycles. The van der Waals surface area contributed by atoms with E-state index in [2.05, 4.69) is 14.9 Å². The molecule has 6 nitrogen and oxygen atoms in total. The molecule has 9 heteroatoms. The maximum atomic E-state index is 13.5. The Morgan fingerprint density at radius 2 is 1.75 bits per heavy atom. The average molecular weight is 399 g/mol. The van der Waals surface area contributed by atoms with Crippen molar-refractivity contribution in [1.29, 1.82) is 0 Å². The quantitative estimate of drug-likeness (QED) is 0.824. The van der Waals surface area contributed by atoms with Crippen LogP contribution in [-0.4, -0.2) is 72.4 Å². The summed E-state index contributed by atoms with van der Waals surface area (Å²) in [6.45, 7) is 4.13. The maximum absolute atomic E-state index is 13.5. The van der Waals surface area contributed by atoms with Crippen LogP contribution in [0.15, 0.2) is 6.07 Å². The third-order valence-electron chi connectivity index (χ3n) is 6.39. The lowest BCUT2D eigenvalue weighted by atomic mass is 9.71. The first-order valence-electron chi connectivity index (χ1n) is 10.1. The van der Waals surface area contributed by atoms with Gasteiger partial charge in [0.2, 0.25) is 5.95 Å². The van der Waals surface area contributed by atoms with Gasteiger partial charge in [-0.05, 0) is 39.2 Å². The number of rotatable bonds is 2. The minimum atomic E-state index is -4.51. The summed E-state index contributed by atoms with van der Waals surface area (Å²) >= 11 is 0. The van der Waals surface area contributed by atoms with Crippen LogP contribution in [0.5, 0.6) is 0 Å². The van der Waals surface area contributed by atoms with E-state index in [0.717, 1.165) is 44.8 Å². The molecular formula is C19H28F3N5O. The number of aliphatic hydroxyl groups is 1. The monoisotopic (exact) mass is 399 g/mol. The smallest absolute Gasteiger partial charge is 0.392 e. The van der Waals surface area contributed by atoms with Crippen LogP contribution in [0.3, 0.4) is 0 Å². The molecule has 0 radical (unpaired) electrons. The Balaban J connectivity index is 1.66. The molecule has 1 spiro atoms. The molecule has 0 amide bonds. The van der Waals surface area contributed by atoms with Crippen molar-refractivity contribution >= 4 is 11.8 Å². The second-order valence-electron chi connectivity index (χ2n) is 8.53. The summed E-state index contributed by atoms with van der Waals surface area (Å²) in [6, 6.07) is 1.07. The van der Waals surface area contributed by atoms with Gasteiger partial charge in [0.25, 0.3) is 0 Å². The first-order chi connectivity index (χ1) is 13.3. The standard InChI is InChI=1S/C19H28F3N5O/c1-25-10-5-15(28)18(12-25)6-4-9-27(13-18)16-11-14(19(20,21)22)23-17(24-16)26-7-2-3-8-26/h11,15,28H,2-10,12-13H2,1H3/t15-,18-/m0/s1. The van der Waals surface area contributed by atoms with Gasteiger partial charge < -0.3 is 19.8 Å². The Labute approximate surface area is 163 Å². The van der Waals surface area contributed by atoms with Gasteiger partial charge in [-0.3, -0.25) is 0 Å².